The van der Waals surface area contributed by atoms with E-state index in [0.29, 0.717) is 6.54 Å². The van der Waals surface area contributed by atoms with Crippen molar-refractivity contribution in [2.24, 2.45) is 5.92 Å². The Labute approximate surface area is 90.4 Å². The Hall–Kier alpha value is -0.610. The van der Waals surface area contributed by atoms with Gasteiger partial charge in [0.25, 0.3) is 0 Å². The quantitative estimate of drug-likeness (QED) is 0.618. The second kappa shape index (κ2) is 4.49. The molecule has 1 aliphatic carbocycles. The van der Waals surface area contributed by atoms with Gasteiger partial charge in [0.15, 0.2) is 0 Å². The SMILES string of the molecule is O=C(NCC1(O)CCCC1)C1CCNC1. The molecular formula is C11H20N2O2. The lowest BCUT2D eigenvalue weighted by molar-refractivity contribution is -0.125. The Kier molecular flexibility index (Phi) is 3.26. The molecule has 4 nitrogen and oxygen atoms in total. The van der Waals surface area contributed by atoms with Gasteiger partial charge in [0.1, 0.15) is 0 Å². The van der Waals surface area contributed by atoms with Crippen molar-refractivity contribution in [3.8, 4) is 0 Å². The van der Waals surface area contributed by atoms with E-state index in [9.17, 15) is 9.90 Å². The number of rotatable bonds is 3. The molecule has 2 aliphatic rings. The standard InChI is InChI=1S/C11H20N2O2/c14-10(9-3-6-12-7-9)13-8-11(15)4-1-2-5-11/h9,12,15H,1-8H2,(H,13,14). The lowest BCUT2D eigenvalue weighted by Crippen LogP contribution is -2.43. The summed E-state index contributed by atoms with van der Waals surface area (Å²) in [4.78, 5) is 11.7. The normalized spacial score (nSPS) is 29.3. The van der Waals surface area contributed by atoms with Crippen molar-refractivity contribution in [1.82, 2.24) is 10.6 Å². The van der Waals surface area contributed by atoms with Gasteiger partial charge in [-0.25, -0.2) is 0 Å². The van der Waals surface area contributed by atoms with Gasteiger partial charge in [0, 0.05) is 13.1 Å². The molecule has 1 amide bonds. The highest BCUT2D eigenvalue weighted by Crippen LogP contribution is 2.28. The monoisotopic (exact) mass is 212 g/mol. The summed E-state index contributed by atoms with van der Waals surface area (Å²) in [5.41, 5.74) is -0.623. The predicted molar refractivity (Wildman–Crippen MR) is 57.4 cm³/mol. The van der Waals surface area contributed by atoms with Crippen molar-refractivity contribution in [1.29, 1.82) is 0 Å². The zero-order valence-corrected chi connectivity index (χ0v) is 9.09. The zero-order valence-electron chi connectivity index (χ0n) is 9.09. The average Bonchev–Trinajstić information content (AvgIpc) is 2.85. The minimum atomic E-state index is -0.623. The molecule has 1 heterocycles. The number of carbonyl (C=O) groups is 1. The number of amides is 1. The van der Waals surface area contributed by atoms with E-state index < -0.39 is 5.60 Å². The van der Waals surface area contributed by atoms with Crippen LogP contribution < -0.4 is 10.6 Å². The average molecular weight is 212 g/mol. The van der Waals surface area contributed by atoms with Gasteiger partial charge in [-0.2, -0.15) is 0 Å². The highest BCUT2D eigenvalue weighted by atomic mass is 16.3. The van der Waals surface area contributed by atoms with E-state index in [1.807, 2.05) is 0 Å². The first-order valence-corrected chi connectivity index (χ1v) is 5.90. The summed E-state index contributed by atoms with van der Waals surface area (Å²) in [5.74, 6) is 0.204. The minimum absolute atomic E-state index is 0.0975. The Bertz CT molecular complexity index is 231. The summed E-state index contributed by atoms with van der Waals surface area (Å²) >= 11 is 0. The van der Waals surface area contributed by atoms with Crippen LogP contribution in [0.1, 0.15) is 32.1 Å². The number of aliphatic hydroxyl groups is 1. The van der Waals surface area contributed by atoms with Crippen LogP contribution in [0.25, 0.3) is 0 Å². The molecule has 0 spiro atoms. The van der Waals surface area contributed by atoms with Gasteiger partial charge in [-0.05, 0) is 25.8 Å². The maximum atomic E-state index is 11.7. The van der Waals surface area contributed by atoms with E-state index in [4.69, 9.17) is 0 Å². The van der Waals surface area contributed by atoms with Gasteiger partial charge < -0.3 is 15.7 Å². The molecule has 1 saturated carbocycles. The molecule has 1 atom stereocenters. The molecule has 0 aromatic carbocycles. The smallest absolute Gasteiger partial charge is 0.224 e. The van der Waals surface area contributed by atoms with Crippen LogP contribution in [0.4, 0.5) is 0 Å². The van der Waals surface area contributed by atoms with E-state index in [2.05, 4.69) is 10.6 Å². The summed E-state index contributed by atoms with van der Waals surface area (Å²) in [7, 11) is 0. The number of hydrogen-bond acceptors (Lipinski definition) is 3. The summed E-state index contributed by atoms with van der Waals surface area (Å²) in [6, 6.07) is 0. The predicted octanol–water partition coefficient (Wildman–Crippen LogP) is 0.0172. The highest BCUT2D eigenvalue weighted by Gasteiger charge is 2.32. The molecule has 0 aromatic rings. The van der Waals surface area contributed by atoms with Crippen molar-refractivity contribution in [2.75, 3.05) is 19.6 Å². The van der Waals surface area contributed by atoms with Gasteiger partial charge in [0.2, 0.25) is 5.91 Å². The summed E-state index contributed by atoms with van der Waals surface area (Å²) < 4.78 is 0. The molecule has 1 unspecified atom stereocenters. The van der Waals surface area contributed by atoms with Crippen LogP contribution in [-0.4, -0.2) is 36.2 Å². The molecule has 15 heavy (non-hydrogen) atoms. The summed E-state index contributed by atoms with van der Waals surface area (Å²) in [6.07, 6.45) is 4.74. The first kappa shape index (κ1) is 10.9. The van der Waals surface area contributed by atoms with Gasteiger partial charge in [0.05, 0.1) is 11.5 Å². The Morgan fingerprint density at radius 3 is 2.80 bits per heavy atom. The first-order valence-electron chi connectivity index (χ1n) is 5.90. The van der Waals surface area contributed by atoms with Gasteiger partial charge >= 0.3 is 0 Å². The van der Waals surface area contributed by atoms with E-state index >= 15 is 0 Å². The molecule has 3 N–H and O–H groups in total. The largest absolute Gasteiger partial charge is 0.388 e. The molecule has 4 heteroatoms. The van der Waals surface area contributed by atoms with Crippen LogP contribution in [0, 0.1) is 5.92 Å². The molecule has 1 saturated heterocycles. The maximum Gasteiger partial charge on any atom is 0.224 e. The van der Waals surface area contributed by atoms with Crippen molar-refractivity contribution in [3.63, 3.8) is 0 Å². The van der Waals surface area contributed by atoms with Crippen LogP contribution in [-0.2, 0) is 4.79 Å². The Morgan fingerprint density at radius 1 is 1.47 bits per heavy atom. The van der Waals surface area contributed by atoms with Crippen LogP contribution in [0.15, 0.2) is 0 Å². The van der Waals surface area contributed by atoms with Crippen molar-refractivity contribution in [2.45, 2.75) is 37.7 Å². The van der Waals surface area contributed by atoms with Crippen LogP contribution >= 0.6 is 0 Å². The zero-order chi connectivity index (χ0) is 10.7. The van der Waals surface area contributed by atoms with Gasteiger partial charge in [-0.1, -0.05) is 12.8 Å². The molecule has 1 aliphatic heterocycles. The number of nitrogens with one attached hydrogen (secondary N) is 2. The first-order chi connectivity index (χ1) is 7.20. The molecule has 0 bridgehead atoms. The van der Waals surface area contributed by atoms with Crippen molar-refractivity contribution >= 4 is 5.91 Å². The molecular weight excluding hydrogens is 192 g/mol. The van der Waals surface area contributed by atoms with Crippen LogP contribution in [0.5, 0.6) is 0 Å². The van der Waals surface area contributed by atoms with Crippen molar-refractivity contribution < 1.29 is 9.90 Å². The van der Waals surface area contributed by atoms with Gasteiger partial charge in [-0.3, -0.25) is 4.79 Å². The number of carbonyl (C=O) groups excluding carboxylic acids is 1. The van der Waals surface area contributed by atoms with E-state index in [-0.39, 0.29) is 11.8 Å². The van der Waals surface area contributed by atoms with Gasteiger partial charge in [-0.15, -0.1) is 0 Å². The fourth-order valence-electron chi connectivity index (χ4n) is 2.48. The Balaban J connectivity index is 1.74. The second-order valence-corrected chi connectivity index (χ2v) is 4.84. The van der Waals surface area contributed by atoms with Crippen molar-refractivity contribution in [3.05, 3.63) is 0 Å². The lowest BCUT2D eigenvalue weighted by Gasteiger charge is -2.23. The summed E-state index contributed by atoms with van der Waals surface area (Å²) in [6.45, 7) is 2.15. The molecule has 86 valence electrons. The van der Waals surface area contributed by atoms with E-state index in [1.54, 1.807) is 0 Å². The molecule has 0 aromatic heterocycles. The van der Waals surface area contributed by atoms with E-state index in [0.717, 1.165) is 45.2 Å². The topological polar surface area (TPSA) is 61.4 Å². The minimum Gasteiger partial charge on any atom is -0.388 e. The summed E-state index contributed by atoms with van der Waals surface area (Å²) in [5, 5.41) is 16.1. The molecule has 2 rings (SSSR count). The third kappa shape index (κ3) is 2.69. The molecule has 2 fully saturated rings. The number of hydrogen-bond donors (Lipinski definition) is 3. The third-order valence-corrected chi connectivity index (χ3v) is 3.56. The van der Waals surface area contributed by atoms with Crippen LogP contribution in [0.2, 0.25) is 0 Å². The molecule has 0 radical (unpaired) electrons. The fraction of sp³-hybridized carbons (Fsp3) is 0.909. The second-order valence-electron chi connectivity index (χ2n) is 4.84. The van der Waals surface area contributed by atoms with E-state index in [1.165, 1.54) is 0 Å². The fourth-order valence-corrected chi connectivity index (χ4v) is 2.48. The third-order valence-electron chi connectivity index (χ3n) is 3.56. The highest BCUT2D eigenvalue weighted by molar-refractivity contribution is 5.79. The lowest BCUT2D eigenvalue weighted by atomic mass is 10.0. The van der Waals surface area contributed by atoms with Crippen LogP contribution in [0.3, 0.4) is 0 Å². The Morgan fingerprint density at radius 2 is 2.20 bits per heavy atom. The maximum absolute atomic E-state index is 11.7.